The minimum absolute atomic E-state index is 0.0126. The maximum Gasteiger partial charge on any atom is 0.416 e. The molecule has 0 N–H and O–H groups in total. The van der Waals surface area contributed by atoms with Crippen LogP contribution in [0.15, 0.2) is 52.4 Å². The first-order chi connectivity index (χ1) is 13.2. The lowest BCUT2D eigenvalue weighted by molar-refractivity contribution is -0.137. The van der Waals surface area contributed by atoms with Gasteiger partial charge in [-0.05, 0) is 37.3 Å². The number of aromatic nitrogens is 1. The number of rotatable bonds is 4. The van der Waals surface area contributed by atoms with Crippen molar-refractivity contribution in [2.75, 3.05) is 12.9 Å². The van der Waals surface area contributed by atoms with Crippen molar-refractivity contribution in [3.63, 3.8) is 0 Å². The van der Waals surface area contributed by atoms with E-state index in [0.29, 0.717) is 11.8 Å². The van der Waals surface area contributed by atoms with E-state index in [0.717, 1.165) is 30.7 Å². The van der Waals surface area contributed by atoms with Gasteiger partial charge >= 0.3 is 6.18 Å². The molecule has 0 radical (unpaired) electrons. The van der Waals surface area contributed by atoms with E-state index in [-0.39, 0.29) is 17.9 Å². The Bertz CT molecular complexity index is 1130. The Hall–Kier alpha value is -1.98. The number of halogens is 3. The lowest BCUT2D eigenvalue weighted by atomic mass is 10.0. The average Bonchev–Trinajstić information content (AvgIpc) is 3.05. The molecule has 11 heteroatoms. The molecule has 0 amide bonds. The molecule has 0 spiro atoms. The highest BCUT2D eigenvalue weighted by molar-refractivity contribution is 7.92. The van der Waals surface area contributed by atoms with Gasteiger partial charge in [-0.15, -0.1) is 0 Å². The molecule has 1 aromatic heterocycles. The normalized spacial score (nSPS) is 23.3. The van der Waals surface area contributed by atoms with Crippen molar-refractivity contribution in [2.45, 2.75) is 40.2 Å². The van der Waals surface area contributed by atoms with Gasteiger partial charge in [0, 0.05) is 18.9 Å². The number of sulfone groups is 2. The van der Waals surface area contributed by atoms with E-state index in [2.05, 4.69) is 4.98 Å². The molecule has 2 atom stereocenters. The Morgan fingerprint density at radius 2 is 1.79 bits per heavy atom. The lowest BCUT2D eigenvalue weighted by Crippen LogP contribution is -2.36. The van der Waals surface area contributed by atoms with Crippen LogP contribution in [0.25, 0.3) is 0 Å². The van der Waals surface area contributed by atoms with Gasteiger partial charge in [0.25, 0.3) is 0 Å². The lowest BCUT2D eigenvalue weighted by Gasteiger charge is -2.23. The highest BCUT2D eigenvalue weighted by Gasteiger charge is 2.48. The summed E-state index contributed by atoms with van der Waals surface area (Å²) in [6, 6.07) is 6.39. The summed E-state index contributed by atoms with van der Waals surface area (Å²) >= 11 is 0. The zero-order chi connectivity index (χ0) is 21.7. The van der Waals surface area contributed by atoms with Crippen molar-refractivity contribution < 1.29 is 34.7 Å². The summed E-state index contributed by atoms with van der Waals surface area (Å²) < 4.78 is 92.1. The molecule has 0 saturated carbocycles. The van der Waals surface area contributed by atoms with Crippen LogP contribution in [0, 0.1) is 0 Å². The first-order valence-corrected chi connectivity index (χ1v) is 11.8. The van der Waals surface area contributed by atoms with Crippen LogP contribution in [0.5, 0.6) is 0 Å². The Balaban J connectivity index is 1.89. The van der Waals surface area contributed by atoms with E-state index in [1.165, 1.54) is 19.1 Å². The van der Waals surface area contributed by atoms with Crippen LogP contribution in [-0.4, -0.2) is 39.4 Å². The van der Waals surface area contributed by atoms with Crippen LogP contribution >= 0.6 is 0 Å². The molecule has 0 aliphatic carbocycles. The minimum atomic E-state index is -4.66. The van der Waals surface area contributed by atoms with E-state index in [1.54, 1.807) is 0 Å². The van der Waals surface area contributed by atoms with Crippen LogP contribution in [-0.2, 0) is 30.6 Å². The summed E-state index contributed by atoms with van der Waals surface area (Å²) in [5.41, 5.74) is -0.698. The standard InChI is InChI=1S/C18H18F3NO5S2/c1-17(29(25,26)13-5-3-4-12(8-13)18(19,20)21)9-16(27-11-17)15-7-6-14(10-22-15)28(2,23)24/h3-8,10,16H,9,11H2,1-2H3. The number of alkyl halides is 3. The van der Waals surface area contributed by atoms with Crippen LogP contribution in [0.1, 0.15) is 30.7 Å². The predicted molar refractivity (Wildman–Crippen MR) is 97.7 cm³/mol. The topological polar surface area (TPSA) is 90.4 Å². The average molecular weight is 449 g/mol. The molecule has 6 nitrogen and oxygen atoms in total. The maximum absolute atomic E-state index is 13.1. The predicted octanol–water partition coefficient (Wildman–Crippen LogP) is 3.20. The first kappa shape index (κ1) is 21.7. The zero-order valence-corrected chi connectivity index (χ0v) is 17.1. The summed E-state index contributed by atoms with van der Waals surface area (Å²) in [5, 5.41) is 0. The Labute approximate surface area is 166 Å². The summed E-state index contributed by atoms with van der Waals surface area (Å²) in [4.78, 5) is 3.63. The van der Waals surface area contributed by atoms with Gasteiger partial charge in [0.1, 0.15) is 10.9 Å². The highest BCUT2D eigenvalue weighted by atomic mass is 32.2. The number of hydrogen-bond acceptors (Lipinski definition) is 6. The fraction of sp³-hybridized carbons (Fsp3) is 0.389. The second-order valence-corrected chi connectivity index (χ2v) is 11.7. The van der Waals surface area contributed by atoms with Gasteiger partial charge in [0.05, 0.1) is 27.7 Å². The third kappa shape index (κ3) is 4.17. The third-order valence-corrected chi connectivity index (χ3v) is 8.40. The summed E-state index contributed by atoms with van der Waals surface area (Å²) in [7, 11) is -7.57. The molecular weight excluding hydrogens is 431 g/mol. The summed E-state index contributed by atoms with van der Waals surface area (Å²) in [5.74, 6) is 0. The van der Waals surface area contributed by atoms with Crippen molar-refractivity contribution in [3.8, 4) is 0 Å². The second kappa shape index (κ2) is 7.06. The monoisotopic (exact) mass is 449 g/mol. The van der Waals surface area contributed by atoms with Gasteiger partial charge in [0.15, 0.2) is 19.7 Å². The Kier molecular flexibility index (Phi) is 5.29. The molecule has 1 aliphatic heterocycles. The van der Waals surface area contributed by atoms with Crippen LogP contribution in [0.3, 0.4) is 0 Å². The van der Waals surface area contributed by atoms with Crippen molar-refractivity contribution in [1.82, 2.24) is 4.98 Å². The summed E-state index contributed by atoms with van der Waals surface area (Å²) in [6.07, 6.45) is -3.22. The zero-order valence-electron chi connectivity index (χ0n) is 15.5. The van der Waals surface area contributed by atoms with E-state index in [1.807, 2.05) is 0 Å². The molecule has 1 fully saturated rings. The van der Waals surface area contributed by atoms with Crippen molar-refractivity contribution >= 4 is 19.7 Å². The fourth-order valence-electron chi connectivity index (χ4n) is 3.09. The molecule has 1 aromatic carbocycles. The van der Waals surface area contributed by atoms with Gasteiger partial charge in [0.2, 0.25) is 0 Å². The molecular formula is C18H18F3NO5S2. The second-order valence-electron chi connectivity index (χ2n) is 7.17. The van der Waals surface area contributed by atoms with E-state index >= 15 is 0 Å². The van der Waals surface area contributed by atoms with Gasteiger partial charge in [-0.1, -0.05) is 6.07 Å². The first-order valence-electron chi connectivity index (χ1n) is 8.44. The minimum Gasteiger partial charge on any atom is -0.370 e. The molecule has 2 aromatic rings. The van der Waals surface area contributed by atoms with Gasteiger partial charge in [-0.2, -0.15) is 13.2 Å². The molecule has 1 aliphatic rings. The van der Waals surface area contributed by atoms with Crippen LogP contribution in [0.2, 0.25) is 0 Å². The van der Waals surface area contributed by atoms with Crippen molar-refractivity contribution in [2.24, 2.45) is 0 Å². The van der Waals surface area contributed by atoms with E-state index in [4.69, 9.17) is 4.74 Å². The number of nitrogens with zero attached hydrogens (tertiary/aromatic N) is 1. The largest absolute Gasteiger partial charge is 0.416 e. The Morgan fingerprint density at radius 1 is 1.10 bits per heavy atom. The molecule has 158 valence electrons. The molecule has 2 heterocycles. The van der Waals surface area contributed by atoms with E-state index < -0.39 is 47.2 Å². The van der Waals surface area contributed by atoms with Crippen LogP contribution < -0.4 is 0 Å². The number of ether oxygens (including phenoxy) is 1. The van der Waals surface area contributed by atoms with Crippen LogP contribution in [0.4, 0.5) is 13.2 Å². The SMILES string of the molecule is CC1(S(=O)(=O)c2cccc(C(F)(F)F)c2)COC(c2ccc(S(C)(=O)=O)cn2)C1. The van der Waals surface area contributed by atoms with Crippen molar-refractivity contribution in [3.05, 3.63) is 53.9 Å². The number of hydrogen-bond donors (Lipinski definition) is 0. The smallest absolute Gasteiger partial charge is 0.370 e. The molecule has 29 heavy (non-hydrogen) atoms. The quantitative estimate of drug-likeness (QED) is 0.712. The molecule has 3 rings (SSSR count). The maximum atomic E-state index is 13.1. The Morgan fingerprint density at radius 3 is 2.34 bits per heavy atom. The fourth-order valence-corrected chi connectivity index (χ4v) is 5.35. The van der Waals surface area contributed by atoms with Gasteiger partial charge in [-0.25, -0.2) is 16.8 Å². The van der Waals surface area contributed by atoms with Gasteiger partial charge in [-0.3, -0.25) is 4.98 Å². The third-order valence-electron chi connectivity index (χ3n) is 4.84. The highest BCUT2D eigenvalue weighted by Crippen LogP contribution is 2.42. The van der Waals surface area contributed by atoms with E-state index in [9.17, 15) is 30.0 Å². The molecule has 0 bridgehead atoms. The van der Waals surface area contributed by atoms with Crippen molar-refractivity contribution in [1.29, 1.82) is 0 Å². The number of benzene rings is 1. The molecule has 2 unspecified atom stereocenters. The van der Waals surface area contributed by atoms with Gasteiger partial charge < -0.3 is 4.74 Å². The molecule has 1 saturated heterocycles. The summed E-state index contributed by atoms with van der Waals surface area (Å²) in [6.45, 7) is 1.18. The number of pyridine rings is 1.